The van der Waals surface area contributed by atoms with E-state index in [1.54, 1.807) is 12.1 Å². The molecule has 0 aliphatic carbocycles. The number of amides is 1. The number of rotatable bonds is 8. The summed E-state index contributed by atoms with van der Waals surface area (Å²) >= 11 is 0. The zero-order valence-corrected chi connectivity index (χ0v) is 15.0. The number of aryl methyl sites for hydroxylation is 1. The molecule has 0 bridgehead atoms. The first-order valence-corrected chi connectivity index (χ1v) is 8.51. The maximum absolute atomic E-state index is 11.8. The van der Waals surface area contributed by atoms with E-state index in [-0.39, 0.29) is 12.5 Å². The van der Waals surface area contributed by atoms with Gasteiger partial charge in [0.2, 0.25) is 0 Å². The summed E-state index contributed by atoms with van der Waals surface area (Å²) in [6, 6.07) is 14.8. The third kappa shape index (κ3) is 6.81. The fourth-order valence-corrected chi connectivity index (χ4v) is 2.16. The van der Waals surface area contributed by atoms with E-state index in [1.165, 1.54) is 6.08 Å². The van der Waals surface area contributed by atoms with Crippen molar-refractivity contribution in [1.82, 2.24) is 0 Å². The monoisotopic (exact) mass is 353 g/mol. The van der Waals surface area contributed by atoms with Crippen LogP contribution in [0.1, 0.15) is 24.5 Å². The largest absolute Gasteiger partial charge is 0.494 e. The van der Waals surface area contributed by atoms with E-state index in [0.29, 0.717) is 12.3 Å². The number of nitrogens with one attached hydrogen (secondary N) is 1. The van der Waals surface area contributed by atoms with Crippen LogP contribution in [0, 0.1) is 6.92 Å². The van der Waals surface area contributed by atoms with Crippen LogP contribution in [0.15, 0.2) is 54.6 Å². The Morgan fingerprint density at radius 2 is 1.88 bits per heavy atom. The van der Waals surface area contributed by atoms with Crippen molar-refractivity contribution in [2.75, 3.05) is 18.5 Å². The lowest BCUT2D eigenvalue weighted by Crippen LogP contribution is -2.20. The predicted octanol–water partition coefficient (Wildman–Crippen LogP) is 3.98. The van der Waals surface area contributed by atoms with Gasteiger partial charge in [-0.15, -0.1) is 0 Å². The maximum atomic E-state index is 11.8. The molecule has 0 aliphatic heterocycles. The number of carbonyl (C=O) groups excluding carboxylic acids is 2. The zero-order valence-electron chi connectivity index (χ0n) is 15.0. The van der Waals surface area contributed by atoms with Crippen LogP contribution in [-0.4, -0.2) is 25.1 Å². The highest BCUT2D eigenvalue weighted by atomic mass is 16.5. The average Bonchev–Trinajstić information content (AvgIpc) is 2.64. The number of esters is 1. The molecule has 5 nitrogen and oxygen atoms in total. The molecule has 0 saturated heterocycles. The maximum Gasteiger partial charge on any atom is 0.331 e. The summed E-state index contributed by atoms with van der Waals surface area (Å²) in [6.45, 7) is 4.32. The van der Waals surface area contributed by atoms with Crippen molar-refractivity contribution in [3.05, 3.63) is 65.7 Å². The van der Waals surface area contributed by atoms with Crippen molar-refractivity contribution in [2.24, 2.45) is 0 Å². The quantitative estimate of drug-likeness (QED) is 0.576. The minimum atomic E-state index is -0.573. The fourth-order valence-electron chi connectivity index (χ4n) is 2.16. The third-order valence-corrected chi connectivity index (χ3v) is 3.41. The normalized spacial score (nSPS) is 10.5. The molecule has 0 unspecified atom stereocenters. The highest BCUT2D eigenvalue weighted by molar-refractivity contribution is 5.94. The Labute approximate surface area is 153 Å². The summed E-state index contributed by atoms with van der Waals surface area (Å²) in [5.74, 6) is -0.162. The zero-order chi connectivity index (χ0) is 18.8. The van der Waals surface area contributed by atoms with Crippen LogP contribution in [0.2, 0.25) is 0 Å². The van der Waals surface area contributed by atoms with Crippen LogP contribution in [0.3, 0.4) is 0 Å². The second-order valence-electron chi connectivity index (χ2n) is 5.78. The van der Waals surface area contributed by atoms with Gasteiger partial charge < -0.3 is 14.8 Å². The van der Waals surface area contributed by atoms with Gasteiger partial charge in [-0.3, -0.25) is 4.79 Å². The first-order valence-electron chi connectivity index (χ1n) is 8.51. The van der Waals surface area contributed by atoms with Gasteiger partial charge in [-0.2, -0.15) is 0 Å². The second-order valence-corrected chi connectivity index (χ2v) is 5.78. The number of benzene rings is 2. The Bertz CT molecular complexity index is 766. The molecule has 0 atom stereocenters. The van der Waals surface area contributed by atoms with Crippen LogP contribution < -0.4 is 10.1 Å². The Morgan fingerprint density at radius 3 is 2.58 bits per heavy atom. The standard InChI is InChI=1S/C21H23NO4/c1-3-13-25-19-10-7-17(8-11-19)9-12-21(24)26-15-20(23)22-18-6-4-5-16(2)14-18/h4-12,14H,3,13,15H2,1-2H3,(H,22,23)/b12-9+. The number of hydrogen-bond acceptors (Lipinski definition) is 4. The van der Waals surface area contributed by atoms with Crippen molar-refractivity contribution < 1.29 is 19.1 Å². The molecule has 0 radical (unpaired) electrons. The number of hydrogen-bond donors (Lipinski definition) is 1. The molecular weight excluding hydrogens is 330 g/mol. The molecule has 2 rings (SSSR count). The SMILES string of the molecule is CCCOc1ccc(/C=C/C(=O)OCC(=O)Nc2cccc(C)c2)cc1. The Hall–Kier alpha value is -3.08. The third-order valence-electron chi connectivity index (χ3n) is 3.41. The molecular formula is C21H23NO4. The van der Waals surface area contributed by atoms with E-state index in [0.717, 1.165) is 23.3 Å². The van der Waals surface area contributed by atoms with E-state index >= 15 is 0 Å². The van der Waals surface area contributed by atoms with Gasteiger partial charge in [-0.05, 0) is 54.8 Å². The van der Waals surface area contributed by atoms with Crippen LogP contribution in [0.25, 0.3) is 6.08 Å². The lowest BCUT2D eigenvalue weighted by Gasteiger charge is -2.06. The molecule has 0 saturated carbocycles. The van der Waals surface area contributed by atoms with Crippen LogP contribution in [-0.2, 0) is 14.3 Å². The lowest BCUT2D eigenvalue weighted by atomic mass is 10.2. The van der Waals surface area contributed by atoms with Crippen LogP contribution in [0.5, 0.6) is 5.75 Å². The lowest BCUT2D eigenvalue weighted by molar-refractivity contribution is -0.142. The molecule has 26 heavy (non-hydrogen) atoms. The molecule has 2 aromatic rings. The topological polar surface area (TPSA) is 64.6 Å². The molecule has 1 N–H and O–H groups in total. The number of ether oxygens (including phenoxy) is 2. The van der Waals surface area contributed by atoms with Gasteiger partial charge in [-0.1, -0.05) is 31.2 Å². The van der Waals surface area contributed by atoms with Crippen molar-refractivity contribution in [3.8, 4) is 5.75 Å². The summed E-state index contributed by atoms with van der Waals surface area (Å²) in [4.78, 5) is 23.5. The summed E-state index contributed by atoms with van der Waals surface area (Å²) < 4.78 is 10.4. The minimum Gasteiger partial charge on any atom is -0.494 e. The average molecular weight is 353 g/mol. The van der Waals surface area contributed by atoms with Crippen molar-refractivity contribution in [1.29, 1.82) is 0 Å². The van der Waals surface area contributed by atoms with Crippen molar-refractivity contribution in [2.45, 2.75) is 20.3 Å². The van der Waals surface area contributed by atoms with E-state index in [4.69, 9.17) is 9.47 Å². The first kappa shape index (κ1) is 19.2. The molecule has 1 amide bonds. The van der Waals surface area contributed by atoms with Gasteiger partial charge in [0.25, 0.3) is 5.91 Å². The van der Waals surface area contributed by atoms with Crippen molar-refractivity contribution in [3.63, 3.8) is 0 Å². The summed E-state index contributed by atoms with van der Waals surface area (Å²) in [5.41, 5.74) is 2.55. The van der Waals surface area contributed by atoms with Crippen LogP contribution >= 0.6 is 0 Å². The molecule has 2 aromatic carbocycles. The smallest absolute Gasteiger partial charge is 0.331 e. The molecule has 0 spiro atoms. The Balaban J connectivity index is 1.77. The summed E-state index contributed by atoms with van der Waals surface area (Å²) in [6.07, 6.45) is 3.87. The fraction of sp³-hybridized carbons (Fsp3) is 0.238. The molecule has 0 heterocycles. The number of anilines is 1. The van der Waals surface area contributed by atoms with Crippen LogP contribution in [0.4, 0.5) is 5.69 Å². The summed E-state index contributed by atoms with van der Waals surface area (Å²) in [5, 5.41) is 2.68. The Morgan fingerprint density at radius 1 is 1.12 bits per heavy atom. The van der Waals surface area contributed by atoms with Gasteiger partial charge >= 0.3 is 5.97 Å². The highest BCUT2D eigenvalue weighted by Crippen LogP contribution is 2.13. The molecule has 136 valence electrons. The highest BCUT2D eigenvalue weighted by Gasteiger charge is 2.05. The summed E-state index contributed by atoms with van der Waals surface area (Å²) in [7, 11) is 0. The Kier molecular flexibility index (Phi) is 7.43. The van der Waals surface area contributed by atoms with Gasteiger partial charge in [0.1, 0.15) is 5.75 Å². The van der Waals surface area contributed by atoms with Gasteiger partial charge in [-0.25, -0.2) is 4.79 Å². The van der Waals surface area contributed by atoms with Gasteiger partial charge in [0, 0.05) is 11.8 Å². The molecule has 0 aromatic heterocycles. The van der Waals surface area contributed by atoms with Gasteiger partial charge in [0.15, 0.2) is 6.61 Å². The van der Waals surface area contributed by atoms with E-state index in [1.807, 2.05) is 56.3 Å². The van der Waals surface area contributed by atoms with E-state index < -0.39 is 5.97 Å². The molecule has 0 aliphatic rings. The number of carbonyl (C=O) groups is 2. The first-order chi connectivity index (χ1) is 12.6. The predicted molar refractivity (Wildman–Crippen MR) is 102 cm³/mol. The van der Waals surface area contributed by atoms with E-state index in [2.05, 4.69) is 5.32 Å². The molecule has 0 fully saturated rings. The minimum absolute atomic E-state index is 0.332. The molecule has 5 heteroatoms. The van der Waals surface area contributed by atoms with Crippen molar-refractivity contribution >= 4 is 23.6 Å². The second kappa shape index (κ2) is 10.0. The van der Waals surface area contributed by atoms with E-state index in [9.17, 15) is 9.59 Å². The van der Waals surface area contributed by atoms with Gasteiger partial charge in [0.05, 0.1) is 6.61 Å².